The highest BCUT2D eigenvalue weighted by molar-refractivity contribution is 5.77. The number of carbonyl (C=O) groups is 1. The largest absolute Gasteiger partial charge is 0.484 e. The molecular formula is C18H28N2O3. The maximum atomic E-state index is 12.0. The fourth-order valence-electron chi connectivity index (χ4n) is 2.82. The van der Waals surface area contributed by atoms with Crippen molar-refractivity contribution < 1.29 is 14.3 Å². The van der Waals surface area contributed by atoms with E-state index >= 15 is 0 Å². The Hall–Kier alpha value is -1.59. The molecule has 23 heavy (non-hydrogen) atoms. The summed E-state index contributed by atoms with van der Waals surface area (Å²) >= 11 is 0. The smallest absolute Gasteiger partial charge is 0.258 e. The van der Waals surface area contributed by atoms with E-state index in [1.165, 1.54) is 0 Å². The van der Waals surface area contributed by atoms with Gasteiger partial charge in [0.05, 0.1) is 12.2 Å². The molecule has 0 aromatic heterocycles. The Labute approximate surface area is 139 Å². The van der Waals surface area contributed by atoms with Crippen LogP contribution >= 0.6 is 0 Å². The first-order valence-electron chi connectivity index (χ1n) is 8.22. The van der Waals surface area contributed by atoms with Crippen LogP contribution in [0.4, 0.5) is 0 Å². The van der Waals surface area contributed by atoms with Crippen LogP contribution in [0.5, 0.6) is 5.75 Å². The highest BCUT2D eigenvalue weighted by Gasteiger charge is 2.33. The van der Waals surface area contributed by atoms with Crippen molar-refractivity contribution in [1.82, 2.24) is 10.2 Å². The van der Waals surface area contributed by atoms with Crippen molar-refractivity contribution in [1.29, 1.82) is 0 Å². The van der Waals surface area contributed by atoms with Crippen molar-refractivity contribution in [3.8, 4) is 5.75 Å². The zero-order valence-corrected chi connectivity index (χ0v) is 14.5. The van der Waals surface area contributed by atoms with Crippen molar-refractivity contribution in [2.75, 3.05) is 26.2 Å². The Bertz CT molecular complexity index is 494. The van der Waals surface area contributed by atoms with Gasteiger partial charge in [0.2, 0.25) is 0 Å². The van der Waals surface area contributed by atoms with Crippen molar-refractivity contribution in [2.24, 2.45) is 0 Å². The predicted octanol–water partition coefficient (Wildman–Crippen LogP) is 2.07. The molecule has 2 rings (SSSR count). The molecule has 1 N–H and O–H groups in total. The predicted molar refractivity (Wildman–Crippen MR) is 90.6 cm³/mol. The molecule has 5 heteroatoms. The topological polar surface area (TPSA) is 50.8 Å². The maximum absolute atomic E-state index is 12.0. The third-order valence-corrected chi connectivity index (χ3v) is 4.11. The van der Waals surface area contributed by atoms with Gasteiger partial charge < -0.3 is 14.8 Å². The summed E-state index contributed by atoms with van der Waals surface area (Å²) in [6.07, 6.45) is 0.435. The molecule has 0 radical (unpaired) electrons. The van der Waals surface area contributed by atoms with E-state index in [1.807, 2.05) is 30.3 Å². The van der Waals surface area contributed by atoms with Crippen LogP contribution in [0.1, 0.15) is 27.7 Å². The average Bonchev–Trinajstić information content (AvgIpc) is 2.51. The Morgan fingerprint density at radius 3 is 2.48 bits per heavy atom. The van der Waals surface area contributed by atoms with Gasteiger partial charge in [-0.2, -0.15) is 0 Å². The molecule has 128 valence electrons. The standard InChI is InChI=1S/C18H28N2O3/c1-14-10-20(11-15(2)23-14)18(3,4)13-19-17(21)12-22-16-8-6-5-7-9-16/h5-9,14-15H,10-13H2,1-4H3,(H,19,21)/t14-,15+. The fourth-order valence-corrected chi connectivity index (χ4v) is 2.82. The molecule has 0 spiro atoms. The molecule has 1 aromatic rings. The van der Waals surface area contributed by atoms with Crippen molar-refractivity contribution >= 4 is 5.91 Å². The van der Waals surface area contributed by atoms with Gasteiger partial charge in [0.25, 0.3) is 5.91 Å². The molecule has 1 heterocycles. The minimum absolute atomic E-state index is 0.0377. The molecule has 5 nitrogen and oxygen atoms in total. The van der Waals surface area contributed by atoms with Gasteiger partial charge in [0, 0.05) is 25.2 Å². The van der Waals surface area contributed by atoms with Crippen LogP contribution in [-0.4, -0.2) is 54.8 Å². The molecule has 1 aliphatic rings. The molecular weight excluding hydrogens is 292 g/mol. The molecule has 0 bridgehead atoms. The first-order valence-corrected chi connectivity index (χ1v) is 8.22. The second-order valence-electron chi connectivity index (χ2n) is 6.85. The molecule has 1 aromatic carbocycles. The molecule has 1 amide bonds. The van der Waals surface area contributed by atoms with Crippen LogP contribution in [0, 0.1) is 0 Å². The molecule has 1 saturated heterocycles. The number of para-hydroxylation sites is 1. The van der Waals surface area contributed by atoms with Gasteiger partial charge in [-0.25, -0.2) is 0 Å². The summed E-state index contributed by atoms with van der Waals surface area (Å²) in [5.41, 5.74) is -0.116. The van der Waals surface area contributed by atoms with E-state index in [2.05, 4.69) is 37.9 Å². The number of hydrogen-bond donors (Lipinski definition) is 1. The lowest BCUT2D eigenvalue weighted by atomic mass is 10.00. The lowest BCUT2D eigenvalue weighted by molar-refractivity contribution is -0.124. The number of ether oxygens (including phenoxy) is 2. The third-order valence-electron chi connectivity index (χ3n) is 4.11. The zero-order chi connectivity index (χ0) is 16.9. The number of amides is 1. The van der Waals surface area contributed by atoms with Crippen LogP contribution in [0.2, 0.25) is 0 Å². The highest BCUT2D eigenvalue weighted by Crippen LogP contribution is 2.20. The summed E-state index contributed by atoms with van der Waals surface area (Å²) in [4.78, 5) is 14.4. The van der Waals surface area contributed by atoms with Crippen LogP contribution in [0.15, 0.2) is 30.3 Å². The van der Waals surface area contributed by atoms with Gasteiger partial charge in [-0.05, 0) is 39.8 Å². The SMILES string of the molecule is C[C@@H]1CN(C(C)(C)CNC(=O)COc2ccccc2)C[C@H](C)O1. The fraction of sp³-hybridized carbons (Fsp3) is 0.611. The summed E-state index contributed by atoms with van der Waals surface area (Å²) in [5, 5.41) is 2.97. The number of nitrogens with one attached hydrogen (secondary N) is 1. The van der Waals surface area contributed by atoms with Gasteiger partial charge in [-0.3, -0.25) is 9.69 Å². The molecule has 2 atom stereocenters. The van der Waals surface area contributed by atoms with Crippen molar-refractivity contribution in [3.05, 3.63) is 30.3 Å². The normalized spacial score (nSPS) is 22.6. The Morgan fingerprint density at radius 2 is 1.87 bits per heavy atom. The van der Waals surface area contributed by atoms with Crippen molar-refractivity contribution in [2.45, 2.75) is 45.4 Å². The van der Waals surface area contributed by atoms with Gasteiger partial charge in [-0.15, -0.1) is 0 Å². The summed E-state index contributed by atoms with van der Waals surface area (Å²) in [7, 11) is 0. The number of nitrogens with zero attached hydrogens (tertiary/aromatic N) is 1. The van der Waals surface area contributed by atoms with E-state index in [-0.39, 0.29) is 30.3 Å². The second kappa shape index (κ2) is 7.79. The van der Waals surface area contributed by atoms with Gasteiger partial charge in [0.15, 0.2) is 6.61 Å². The van der Waals surface area contributed by atoms with Gasteiger partial charge in [-0.1, -0.05) is 18.2 Å². The van der Waals surface area contributed by atoms with Crippen LogP contribution in [-0.2, 0) is 9.53 Å². The van der Waals surface area contributed by atoms with E-state index < -0.39 is 0 Å². The average molecular weight is 320 g/mol. The highest BCUT2D eigenvalue weighted by atomic mass is 16.5. The van der Waals surface area contributed by atoms with Crippen LogP contribution in [0.25, 0.3) is 0 Å². The van der Waals surface area contributed by atoms with E-state index in [4.69, 9.17) is 9.47 Å². The number of benzene rings is 1. The summed E-state index contributed by atoms with van der Waals surface area (Å²) < 4.78 is 11.2. The van der Waals surface area contributed by atoms with E-state index in [0.717, 1.165) is 13.1 Å². The molecule has 1 fully saturated rings. The minimum atomic E-state index is -0.116. The van der Waals surface area contributed by atoms with E-state index in [9.17, 15) is 4.79 Å². The zero-order valence-electron chi connectivity index (χ0n) is 14.5. The quantitative estimate of drug-likeness (QED) is 0.872. The minimum Gasteiger partial charge on any atom is -0.484 e. The number of carbonyl (C=O) groups excluding carboxylic acids is 1. The number of morpholine rings is 1. The number of hydrogen-bond acceptors (Lipinski definition) is 4. The maximum Gasteiger partial charge on any atom is 0.258 e. The summed E-state index contributed by atoms with van der Waals surface area (Å²) in [6, 6.07) is 9.37. The summed E-state index contributed by atoms with van der Waals surface area (Å²) in [5.74, 6) is 0.606. The Kier molecular flexibility index (Phi) is 6.02. The van der Waals surface area contributed by atoms with Gasteiger partial charge >= 0.3 is 0 Å². The third kappa shape index (κ3) is 5.52. The summed E-state index contributed by atoms with van der Waals surface area (Å²) in [6.45, 7) is 10.9. The molecule has 1 aliphatic heterocycles. The van der Waals surface area contributed by atoms with Gasteiger partial charge in [0.1, 0.15) is 5.75 Å². The Balaban J connectivity index is 1.78. The lowest BCUT2D eigenvalue weighted by Crippen LogP contribution is -2.58. The van der Waals surface area contributed by atoms with Crippen molar-refractivity contribution in [3.63, 3.8) is 0 Å². The van der Waals surface area contributed by atoms with Crippen LogP contribution < -0.4 is 10.1 Å². The monoisotopic (exact) mass is 320 g/mol. The molecule has 0 unspecified atom stereocenters. The first-order chi connectivity index (χ1) is 10.9. The van der Waals surface area contributed by atoms with E-state index in [0.29, 0.717) is 12.3 Å². The van der Waals surface area contributed by atoms with E-state index in [1.54, 1.807) is 0 Å². The van der Waals surface area contributed by atoms with Crippen LogP contribution in [0.3, 0.4) is 0 Å². The second-order valence-corrected chi connectivity index (χ2v) is 6.85. The number of rotatable bonds is 6. The molecule has 0 saturated carbocycles. The molecule has 0 aliphatic carbocycles. The lowest BCUT2D eigenvalue weighted by Gasteiger charge is -2.45. The Morgan fingerprint density at radius 1 is 1.26 bits per heavy atom. The first kappa shape index (κ1) is 17.8.